The second kappa shape index (κ2) is 3.93. The molecule has 0 atom stereocenters. The Balaban J connectivity index is 2.14. The van der Waals surface area contributed by atoms with E-state index in [9.17, 15) is 4.79 Å². The summed E-state index contributed by atoms with van der Waals surface area (Å²) in [6.45, 7) is 2.81. The highest BCUT2D eigenvalue weighted by molar-refractivity contribution is 5.91. The van der Waals surface area contributed by atoms with Gasteiger partial charge < -0.3 is 10.4 Å². The van der Waals surface area contributed by atoms with Crippen LogP contribution in [0.1, 0.15) is 28.8 Å². The van der Waals surface area contributed by atoms with Gasteiger partial charge in [-0.3, -0.25) is 0 Å². The molecule has 0 radical (unpaired) electrons. The molecule has 1 saturated carbocycles. The number of rotatable bonds is 4. The summed E-state index contributed by atoms with van der Waals surface area (Å²) in [4.78, 5) is 10.9. The number of anilines is 1. The molecule has 2 rings (SSSR count). The molecule has 1 aromatic rings. The van der Waals surface area contributed by atoms with Gasteiger partial charge in [-0.15, -0.1) is 0 Å². The zero-order chi connectivity index (χ0) is 10.8. The molecule has 1 aliphatic carbocycles. The van der Waals surface area contributed by atoms with Crippen molar-refractivity contribution in [1.82, 2.24) is 0 Å². The topological polar surface area (TPSA) is 49.3 Å². The number of hydrogen-bond donors (Lipinski definition) is 2. The highest BCUT2D eigenvalue weighted by Gasteiger charge is 2.21. The average molecular weight is 205 g/mol. The summed E-state index contributed by atoms with van der Waals surface area (Å²) in [6, 6.07) is 5.36. The van der Waals surface area contributed by atoms with E-state index in [0.29, 0.717) is 5.56 Å². The summed E-state index contributed by atoms with van der Waals surface area (Å²) in [5.74, 6) is -0.0690. The number of nitrogens with one attached hydrogen (secondary N) is 1. The van der Waals surface area contributed by atoms with Crippen LogP contribution in [-0.4, -0.2) is 17.6 Å². The van der Waals surface area contributed by atoms with E-state index in [2.05, 4.69) is 5.32 Å². The maximum atomic E-state index is 10.9. The molecule has 3 heteroatoms. The minimum Gasteiger partial charge on any atom is -0.478 e. The minimum absolute atomic E-state index is 0.385. The molecule has 2 N–H and O–H groups in total. The molecule has 1 aromatic carbocycles. The van der Waals surface area contributed by atoms with E-state index < -0.39 is 5.97 Å². The SMILES string of the molecule is Cc1c(NCC2CC2)cccc1C(=O)O. The van der Waals surface area contributed by atoms with Gasteiger partial charge in [0.15, 0.2) is 0 Å². The van der Waals surface area contributed by atoms with Crippen molar-refractivity contribution in [3.63, 3.8) is 0 Å². The van der Waals surface area contributed by atoms with Gasteiger partial charge in [0.2, 0.25) is 0 Å². The molecule has 80 valence electrons. The minimum atomic E-state index is -0.859. The van der Waals surface area contributed by atoms with Crippen LogP contribution in [0.25, 0.3) is 0 Å². The standard InChI is InChI=1S/C12H15NO2/c1-8-10(12(14)15)3-2-4-11(8)13-7-9-5-6-9/h2-4,9,13H,5-7H2,1H3,(H,14,15). The van der Waals surface area contributed by atoms with Crippen LogP contribution in [0.4, 0.5) is 5.69 Å². The van der Waals surface area contributed by atoms with Crippen molar-refractivity contribution in [2.45, 2.75) is 19.8 Å². The molecule has 0 heterocycles. The summed E-state index contributed by atoms with van der Waals surface area (Å²) in [6.07, 6.45) is 2.59. The van der Waals surface area contributed by atoms with E-state index in [1.807, 2.05) is 13.0 Å². The van der Waals surface area contributed by atoms with Crippen LogP contribution >= 0.6 is 0 Å². The average Bonchev–Trinajstić information content (AvgIpc) is 2.99. The zero-order valence-electron chi connectivity index (χ0n) is 8.79. The van der Waals surface area contributed by atoms with Gasteiger partial charge in [-0.1, -0.05) is 6.07 Å². The van der Waals surface area contributed by atoms with Gasteiger partial charge in [0.1, 0.15) is 0 Å². The lowest BCUT2D eigenvalue weighted by Crippen LogP contribution is -2.07. The lowest BCUT2D eigenvalue weighted by atomic mass is 10.1. The third-order valence-corrected chi connectivity index (χ3v) is 2.84. The number of hydrogen-bond acceptors (Lipinski definition) is 2. The fourth-order valence-corrected chi connectivity index (χ4v) is 1.64. The Kier molecular flexibility index (Phi) is 2.62. The van der Waals surface area contributed by atoms with Crippen molar-refractivity contribution >= 4 is 11.7 Å². The molecule has 0 aliphatic heterocycles. The molecule has 1 aliphatic rings. The van der Waals surface area contributed by atoms with Crippen molar-refractivity contribution in [2.75, 3.05) is 11.9 Å². The largest absolute Gasteiger partial charge is 0.478 e. The molecule has 15 heavy (non-hydrogen) atoms. The molecule has 0 spiro atoms. The van der Waals surface area contributed by atoms with E-state index in [1.165, 1.54) is 12.8 Å². The zero-order valence-corrected chi connectivity index (χ0v) is 8.79. The van der Waals surface area contributed by atoms with Gasteiger partial charge in [0.05, 0.1) is 5.56 Å². The van der Waals surface area contributed by atoms with Crippen LogP contribution in [-0.2, 0) is 0 Å². The molecular weight excluding hydrogens is 190 g/mol. The van der Waals surface area contributed by atoms with Gasteiger partial charge in [-0.25, -0.2) is 4.79 Å². The molecule has 0 amide bonds. The van der Waals surface area contributed by atoms with Crippen molar-refractivity contribution < 1.29 is 9.90 Å². The molecule has 0 bridgehead atoms. The van der Waals surface area contributed by atoms with Gasteiger partial charge in [-0.2, -0.15) is 0 Å². The molecule has 3 nitrogen and oxygen atoms in total. The normalized spacial score (nSPS) is 15.0. The number of aromatic carboxylic acids is 1. The summed E-state index contributed by atoms with van der Waals surface area (Å²) in [7, 11) is 0. The highest BCUT2D eigenvalue weighted by atomic mass is 16.4. The van der Waals surface area contributed by atoms with Crippen LogP contribution in [0, 0.1) is 12.8 Å². The Labute approximate surface area is 89.1 Å². The first-order chi connectivity index (χ1) is 7.18. The molecule has 0 aromatic heterocycles. The maximum absolute atomic E-state index is 10.9. The lowest BCUT2D eigenvalue weighted by Gasteiger charge is -2.10. The van der Waals surface area contributed by atoms with Crippen LogP contribution in [0.2, 0.25) is 0 Å². The van der Waals surface area contributed by atoms with E-state index in [1.54, 1.807) is 12.1 Å². The van der Waals surface area contributed by atoms with E-state index in [4.69, 9.17) is 5.11 Å². The first-order valence-corrected chi connectivity index (χ1v) is 5.25. The van der Waals surface area contributed by atoms with Crippen LogP contribution in [0.15, 0.2) is 18.2 Å². The van der Waals surface area contributed by atoms with Crippen molar-refractivity contribution in [3.8, 4) is 0 Å². The van der Waals surface area contributed by atoms with Gasteiger partial charge in [-0.05, 0) is 43.4 Å². The van der Waals surface area contributed by atoms with Crippen LogP contribution < -0.4 is 5.32 Å². The summed E-state index contributed by atoms with van der Waals surface area (Å²) < 4.78 is 0. The Morgan fingerprint density at radius 3 is 2.87 bits per heavy atom. The highest BCUT2D eigenvalue weighted by Crippen LogP contribution is 2.29. The Morgan fingerprint density at radius 2 is 2.27 bits per heavy atom. The van der Waals surface area contributed by atoms with E-state index in [0.717, 1.165) is 23.7 Å². The Bertz CT molecular complexity index is 383. The lowest BCUT2D eigenvalue weighted by molar-refractivity contribution is 0.0696. The van der Waals surface area contributed by atoms with Crippen molar-refractivity contribution in [3.05, 3.63) is 29.3 Å². The smallest absolute Gasteiger partial charge is 0.336 e. The Hall–Kier alpha value is -1.51. The second-order valence-corrected chi connectivity index (χ2v) is 4.11. The maximum Gasteiger partial charge on any atom is 0.336 e. The summed E-state index contributed by atoms with van der Waals surface area (Å²) >= 11 is 0. The molecule has 0 unspecified atom stereocenters. The number of benzene rings is 1. The number of carboxylic acids is 1. The van der Waals surface area contributed by atoms with Gasteiger partial charge in [0.25, 0.3) is 0 Å². The third-order valence-electron chi connectivity index (χ3n) is 2.84. The first-order valence-electron chi connectivity index (χ1n) is 5.25. The van der Waals surface area contributed by atoms with E-state index >= 15 is 0 Å². The van der Waals surface area contributed by atoms with Crippen molar-refractivity contribution in [1.29, 1.82) is 0 Å². The monoisotopic (exact) mass is 205 g/mol. The predicted molar refractivity (Wildman–Crippen MR) is 59.4 cm³/mol. The first kappa shape index (κ1) is 10.0. The third kappa shape index (κ3) is 2.29. The summed E-state index contributed by atoms with van der Waals surface area (Å²) in [5, 5.41) is 12.3. The van der Waals surface area contributed by atoms with Gasteiger partial charge >= 0.3 is 5.97 Å². The quantitative estimate of drug-likeness (QED) is 0.794. The molecule has 0 saturated heterocycles. The Morgan fingerprint density at radius 1 is 1.53 bits per heavy atom. The molecular formula is C12H15NO2. The number of carbonyl (C=O) groups is 1. The summed E-state index contributed by atoms with van der Waals surface area (Å²) in [5.41, 5.74) is 2.16. The fourth-order valence-electron chi connectivity index (χ4n) is 1.64. The van der Waals surface area contributed by atoms with Crippen molar-refractivity contribution in [2.24, 2.45) is 5.92 Å². The molecule has 1 fully saturated rings. The van der Waals surface area contributed by atoms with Crippen LogP contribution in [0.5, 0.6) is 0 Å². The fraction of sp³-hybridized carbons (Fsp3) is 0.417. The van der Waals surface area contributed by atoms with E-state index in [-0.39, 0.29) is 0 Å². The van der Waals surface area contributed by atoms with Crippen LogP contribution in [0.3, 0.4) is 0 Å². The second-order valence-electron chi connectivity index (χ2n) is 4.11. The van der Waals surface area contributed by atoms with Gasteiger partial charge in [0, 0.05) is 12.2 Å². The predicted octanol–water partition coefficient (Wildman–Crippen LogP) is 2.52. The number of carboxylic acid groups (broad SMARTS) is 1.